The van der Waals surface area contributed by atoms with E-state index in [1.807, 2.05) is 0 Å². The van der Waals surface area contributed by atoms with Crippen LogP contribution in [0.2, 0.25) is 0 Å². The zero-order valence-corrected chi connectivity index (χ0v) is 17.6. The van der Waals surface area contributed by atoms with E-state index in [9.17, 15) is 22.4 Å². The number of pyridine rings is 1. The van der Waals surface area contributed by atoms with E-state index >= 15 is 8.78 Å². The summed E-state index contributed by atoms with van der Waals surface area (Å²) in [5, 5.41) is 6.19. The summed E-state index contributed by atoms with van der Waals surface area (Å²) in [4.78, 5) is 14.9. The number of benzene rings is 1. The molecule has 0 radical (unpaired) electrons. The maximum Gasteiger partial charge on any atom is 0.435 e. The van der Waals surface area contributed by atoms with Crippen LogP contribution in [0.25, 0.3) is 22.2 Å². The Balaban J connectivity index is 1.95. The summed E-state index contributed by atoms with van der Waals surface area (Å²) in [6.07, 6.45) is -1.67. The Kier molecular flexibility index (Phi) is 6.34. The van der Waals surface area contributed by atoms with Gasteiger partial charge in [-0.15, -0.1) is 0 Å². The number of aromatic nitrogens is 3. The molecule has 1 amide bonds. The second-order valence-corrected chi connectivity index (χ2v) is 7.58. The molecule has 0 spiro atoms. The van der Waals surface area contributed by atoms with Gasteiger partial charge in [-0.25, -0.2) is 22.8 Å². The first kappa shape index (κ1) is 23.7. The van der Waals surface area contributed by atoms with Gasteiger partial charge < -0.3 is 10.1 Å². The number of anilines is 1. The molecule has 1 saturated heterocycles. The summed E-state index contributed by atoms with van der Waals surface area (Å²) >= 11 is 0. The fraction of sp³-hybridized carbons (Fsp3) is 0.318. The number of amides is 1. The first-order chi connectivity index (χ1) is 16.2. The predicted octanol–water partition coefficient (Wildman–Crippen LogP) is 5.69. The van der Waals surface area contributed by atoms with Crippen LogP contribution in [0, 0.1) is 11.6 Å². The van der Waals surface area contributed by atoms with Gasteiger partial charge in [-0.05, 0) is 31.4 Å². The lowest BCUT2D eigenvalue weighted by Crippen LogP contribution is -2.20. The highest BCUT2D eigenvalue weighted by atomic mass is 19.4. The van der Waals surface area contributed by atoms with E-state index in [-0.39, 0.29) is 5.52 Å². The topological polar surface area (TPSA) is 69.0 Å². The van der Waals surface area contributed by atoms with Crippen molar-refractivity contribution in [2.75, 3.05) is 11.9 Å². The standard InChI is InChI=1S/C22H18F6N4O2/c1-2-14(33)30-19-13(9-23)16(24)18(31-21(19)22(26,27)28)12-7-6-11-10-29-32(20(11)17(12)25)15-5-3-4-8-34-15/h2,6-7,10,15H,1,3-5,8-9H2,(H,30,33). The maximum absolute atomic E-state index is 15.6. The van der Waals surface area contributed by atoms with Gasteiger partial charge in [-0.1, -0.05) is 12.6 Å². The van der Waals surface area contributed by atoms with Crippen molar-refractivity contribution in [2.45, 2.75) is 38.3 Å². The molecule has 12 heteroatoms. The molecule has 180 valence electrons. The number of ether oxygens (including phenoxy) is 1. The van der Waals surface area contributed by atoms with Gasteiger partial charge in [0.2, 0.25) is 5.91 Å². The minimum Gasteiger partial charge on any atom is -0.356 e. The van der Waals surface area contributed by atoms with Crippen molar-refractivity contribution in [2.24, 2.45) is 0 Å². The molecular weight excluding hydrogens is 466 g/mol. The van der Waals surface area contributed by atoms with Gasteiger partial charge in [0.05, 0.1) is 11.9 Å². The van der Waals surface area contributed by atoms with Gasteiger partial charge in [0.1, 0.15) is 17.9 Å². The summed E-state index contributed by atoms with van der Waals surface area (Å²) in [6.45, 7) is 1.82. The van der Waals surface area contributed by atoms with Gasteiger partial charge in [0, 0.05) is 23.1 Å². The van der Waals surface area contributed by atoms with E-state index in [4.69, 9.17) is 4.74 Å². The number of hydrogen-bond acceptors (Lipinski definition) is 4. The number of nitrogens with one attached hydrogen (secondary N) is 1. The molecule has 1 aromatic carbocycles. The molecule has 0 saturated carbocycles. The van der Waals surface area contributed by atoms with Crippen molar-refractivity contribution < 1.29 is 35.9 Å². The normalized spacial score (nSPS) is 16.6. The quantitative estimate of drug-likeness (QED) is 0.373. The van der Waals surface area contributed by atoms with Crippen LogP contribution in [0.3, 0.4) is 0 Å². The van der Waals surface area contributed by atoms with Crippen LogP contribution in [-0.4, -0.2) is 27.3 Å². The molecule has 1 N–H and O–H groups in total. The van der Waals surface area contributed by atoms with E-state index in [0.29, 0.717) is 24.5 Å². The van der Waals surface area contributed by atoms with Crippen molar-refractivity contribution in [1.29, 1.82) is 0 Å². The van der Waals surface area contributed by atoms with Crippen LogP contribution in [0.5, 0.6) is 0 Å². The van der Waals surface area contributed by atoms with Crippen molar-refractivity contribution in [3.63, 3.8) is 0 Å². The van der Waals surface area contributed by atoms with Gasteiger partial charge in [-0.2, -0.15) is 18.3 Å². The average molecular weight is 484 g/mol. The molecule has 0 bridgehead atoms. The van der Waals surface area contributed by atoms with Crippen LogP contribution in [-0.2, 0) is 22.4 Å². The number of alkyl halides is 4. The highest BCUT2D eigenvalue weighted by Gasteiger charge is 2.40. The lowest BCUT2D eigenvalue weighted by atomic mass is 10.0. The number of fused-ring (bicyclic) bond motifs is 1. The average Bonchev–Trinajstić information content (AvgIpc) is 3.25. The molecule has 6 nitrogen and oxygen atoms in total. The zero-order valence-electron chi connectivity index (χ0n) is 17.6. The van der Waals surface area contributed by atoms with E-state index < -0.39 is 64.8 Å². The molecule has 2 aromatic heterocycles. The van der Waals surface area contributed by atoms with Crippen molar-refractivity contribution in [1.82, 2.24) is 14.8 Å². The van der Waals surface area contributed by atoms with Crippen LogP contribution < -0.4 is 5.32 Å². The number of carbonyl (C=O) groups is 1. The molecule has 3 heterocycles. The lowest BCUT2D eigenvalue weighted by molar-refractivity contribution is -0.140. The Morgan fingerprint density at radius 2 is 2.03 bits per heavy atom. The minimum absolute atomic E-state index is 0.106. The van der Waals surface area contributed by atoms with E-state index in [2.05, 4.69) is 16.7 Å². The Hall–Kier alpha value is -3.41. The van der Waals surface area contributed by atoms with Crippen LogP contribution in [0.15, 0.2) is 31.0 Å². The first-order valence-electron chi connectivity index (χ1n) is 10.2. The Labute approximate surface area is 189 Å². The molecule has 34 heavy (non-hydrogen) atoms. The number of halogens is 6. The first-order valence-corrected chi connectivity index (χ1v) is 10.2. The van der Waals surface area contributed by atoms with Crippen LogP contribution >= 0.6 is 0 Å². The summed E-state index contributed by atoms with van der Waals surface area (Å²) in [5.41, 5.74) is -5.85. The molecule has 1 atom stereocenters. The lowest BCUT2D eigenvalue weighted by Gasteiger charge is -2.24. The third-order valence-corrected chi connectivity index (χ3v) is 5.45. The van der Waals surface area contributed by atoms with Crippen molar-refractivity contribution >= 4 is 22.5 Å². The van der Waals surface area contributed by atoms with Crippen molar-refractivity contribution in [3.8, 4) is 11.3 Å². The summed E-state index contributed by atoms with van der Waals surface area (Å²) in [7, 11) is 0. The largest absolute Gasteiger partial charge is 0.435 e. The smallest absolute Gasteiger partial charge is 0.356 e. The minimum atomic E-state index is -5.21. The Bertz CT molecular complexity index is 1260. The van der Waals surface area contributed by atoms with E-state index in [1.165, 1.54) is 16.9 Å². The highest BCUT2D eigenvalue weighted by molar-refractivity contribution is 6.00. The second kappa shape index (κ2) is 9.09. The number of nitrogens with zero attached hydrogens (tertiary/aromatic N) is 3. The van der Waals surface area contributed by atoms with Crippen LogP contribution in [0.4, 0.5) is 32.0 Å². The maximum atomic E-state index is 15.6. The van der Waals surface area contributed by atoms with Gasteiger partial charge >= 0.3 is 6.18 Å². The Morgan fingerprint density at radius 1 is 1.26 bits per heavy atom. The van der Waals surface area contributed by atoms with E-state index in [0.717, 1.165) is 18.9 Å². The van der Waals surface area contributed by atoms with Crippen LogP contribution in [0.1, 0.15) is 36.7 Å². The molecule has 1 aliphatic rings. The highest BCUT2D eigenvalue weighted by Crippen LogP contribution is 2.41. The number of carbonyl (C=O) groups excluding carboxylic acids is 1. The summed E-state index contributed by atoms with van der Waals surface area (Å²) < 4.78 is 92.7. The molecule has 4 rings (SSSR count). The van der Waals surface area contributed by atoms with Crippen molar-refractivity contribution in [3.05, 3.63) is 53.9 Å². The zero-order chi connectivity index (χ0) is 24.6. The van der Waals surface area contributed by atoms with Gasteiger partial charge in [0.15, 0.2) is 23.6 Å². The molecule has 1 fully saturated rings. The fourth-order valence-electron chi connectivity index (χ4n) is 3.85. The number of rotatable bonds is 5. The Morgan fingerprint density at radius 3 is 2.65 bits per heavy atom. The van der Waals surface area contributed by atoms with Gasteiger partial charge in [0.25, 0.3) is 0 Å². The SMILES string of the molecule is C=CC(=O)Nc1c(C(F)(F)F)nc(-c2ccc3cnn(C4CCCCO4)c3c2F)c(F)c1CF. The molecule has 3 aromatic rings. The second-order valence-electron chi connectivity index (χ2n) is 7.58. The predicted molar refractivity (Wildman–Crippen MR) is 110 cm³/mol. The monoisotopic (exact) mass is 484 g/mol. The summed E-state index contributed by atoms with van der Waals surface area (Å²) in [5.74, 6) is -3.75. The third kappa shape index (κ3) is 4.13. The molecule has 1 unspecified atom stereocenters. The van der Waals surface area contributed by atoms with E-state index in [1.54, 1.807) is 5.32 Å². The fourth-order valence-corrected chi connectivity index (χ4v) is 3.85. The molecular formula is C22H18F6N4O2. The number of hydrogen-bond donors (Lipinski definition) is 1. The molecule has 0 aliphatic carbocycles. The third-order valence-electron chi connectivity index (χ3n) is 5.45. The summed E-state index contributed by atoms with van der Waals surface area (Å²) in [6, 6.07) is 2.39. The van der Waals surface area contributed by atoms with Gasteiger partial charge in [-0.3, -0.25) is 4.79 Å². The molecule has 1 aliphatic heterocycles.